The van der Waals surface area contributed by atoms with Gasteiger partial charge in [-0.3, -0.25) is 0 Å². The first kappa shape index (κ1) is 13.2. The van der Waals surface area contributed by atoms with Gasteiger partial charge in [-0.25, -0.2) is 4.79 Å². The van der Waals surface area contributed by atoms with E-state index in [1.54, 1.807) is 18.2 Å². The highest BCUT2D eigenvalue weighted by molar-refractivity contribution is 6.30. The molecule has 2 rings (SSSR count). The third-order valence-electron chi connectivity index (χ3n) is 2.81. The summed E-state index contributed by atoms with van der Waals surface area (Å²) in [5.74, 6) is -0.00106. The van der Waals surface area contributed by atoms with E-state index in [-0.39, 0.29) is 12.7 Å². The molecule has 1 aliphatic rings. The summed E-state index contributed by atoms with van der Waals surface area (Å²) in [6.07, 6.45) is 1.98. The molecule has 0 radical (unpaired) electrons. The predicted molar refractivity (Wildman–Crippen MR) is 67.3 cm³/mol. The molecule has 5 heteroatoms. The van der Waals surface area contributed by atoms with Crippen molar-refractivity contribution < 1.29 is 19.0 Å². The standard InChI is InChI=1S/C13H15ClO4/c1-16-12-7-9(14)4-5-11(12)13(15)18-8-10-3-2-6-17-10/h4-5,7,10H,2-3,6,8H2,1H3. The van der Waals surface area contributed by atoms with Crippen molar-refractivity contribution >= 4 is 17.6 Å². The monoisotopic (exact) mass is 270 g/mol. The highest BCUT2D eigenvalue weighted by atomic mass is 35.5. The van der Waals surface area contributed by atoms with E-state index in [0.29, 0.717) is 16.3 Å². The minimum absolute atomic E-state index is 0.0206. The Labute approximate surface area is 111 Å². The van der Waals surface area contributed by atoms with Gasteiger partial charge in [0.1, 0.15) is 17.9 Å². The maximum absolute atomic E-state index is 11.9. The van der Waals surface area contributed by atoms with E-state index in [9.17, 15) is 4.79 Å². The van der Waals surface area contributed by atoms with E-state index in [1.165, 1.54) is 7.11 Å². The lowest BCUT2D eigenvalue weighted by Crippen LogP contribution is -2.18. The number of rotatable bonds is 4. The fraction of sp³-hybridized carbons (Fsp3) is 0.462. The van der Waals surface area contributed by atoms with Gasteiger partial charge in [0.25, 0.3) is 0 Å². The zero-order valence-electron chi connectivity index (χ0n) is 10.1. The van der Waals surface area contributed by atoms with Crippen LogP contribution in [0.1, 0.15) is 23.2 Å². The molecular weight excluding hydrogens is 256 g/mol. The Balaban J connectivity index is 1.99. The first-order valence-corrected chi connectivity index (χ1v) is 6.21. The molecule has 0 amide bonds. The maximum atomic E-state index is 11.9. The summed E-state index contributed by atoms with van der Waals surface area (Å²) in [7, 11) is 1.49. The minimum Gasteiger partial charge on any atom is -0.496 e. The molecule has 0 aromatic heterocycles. The minimum atomic E-state index is -0.418. The summed E-state index contributed by atoms with van der Waals surface area (Å²) in [6.45, 7) is 1.02. The fourth-order valence-electron chi connectivity index (χ4n) is 1.86. The molecule has 0 bridgehead atoms. The van der Waals surface area contributed by atoms with Gasteiger partial charge in [-0.05, 0) is 31.0 Å². The van der Waals surface area contributed by atoms with Crippen LogP contribution < -0.4 is 4.74 Å². The summed E-state index contributed by atoms with van der Waals surface area (Å²) >= 11 is 5.83. The highest BCUT2D eigenvalue weighted by Crippen LogP contribution is 2.24. The van der Waals surface area contributed by atoms with E-state index >= 15 is 0 Å². The van der Waals surface area contributed by atoms with E-state index < -0.39 is 5.97 Å². The van der Waals surface area contributed by atoms with Crippen molar-refractivity contribution in [1.82, 2.24) is 0 Å². The SMILES string of the molecule is COc1cc(Cl)ccc1C(=O)OCC1CCCO1. The number of ether oxygens (including phenoxy) is 3. The molecule has 0 N–H and O–H groups in total. The van der Waals surface area contributed by atoms with Crippen molar-refractivity contribution in [1.29, 1.82) is 0 Å². The lowest BCUT2D eigenvalue weighted by molar-refractivity contribution is 0.0159. The van der Waals surface area contributed by atoms with E-state index in [0.717, 1.165) is 19.4 Å². The van der Waals surface area contributed by atoms with Crippen LogP contribution in [0.5, 0.6) is 5.75 Å². The molecule has 1 aromatic carbocycles. The number of carbonyl (C=O) groups excluding carboxylic acids is 1. The molecule has 1 heterocycles. The lowest BCUT2D eigenvalue weighted by atomic mass is 10.2. The number of methoxy groups -OCH3 is 1. The van der Waals surface area contributed by atoms with Gasteiger partial charge in [-0.1, -0.05) is 11.6 Å². The van der Waals surface area contributed by atoms with Gasteiger partial charge in [0.2, 0.25) is 0 Å². The first-order valence-electron chi connectivity index (χ1n) is 5.83. The highest BCUT2D eigenvalue weighted by Gasteiger charge is 2.19. The number of halogens is 1. The van der Waals surface area contributed by atoms with Gasteiger partial charge in [0.15, 0.2) is 0 Å². The molecule has 1 aromatic rings. The number of hydrogen-bond acceptors (Lipinski definition) is 4. The molecule has 1 atom stereocenters. The summed E-state index contributed by atoms with van der Waals surface area (Å²) in [4.78, 5) is 11.9. The van der Waals surface area contributed by atoms with E-state index in [2.05, 4.69) is 0 Å². The summed E-state index contributed by atoms with van der Waals surface area (Å²) in [6, 6.07) is 4.82. The van der Waals surface area contributed by atoms with E-state index in [1.807, 2.05) is 0 Å². The van der Waals surface area contributed by atoms with Crippen molar-refractivity contribution in [2.75, 3.05) is 20.3 Å². The topological polar surface area (TPSA) is 44.8 Å². The predicted octanol–water partition coefficient (Wildman–Crippen LogP) is 2.68. The fourth-order valence-corrected chi connectivity index (χ4v) is 2.02. The Hall–Kier alpha value is -1.26. The molecule has 18 heavy (non-hydrogen) atoms. The zero-order chi connectivity index (χ0) is 13.0. The molecule has 1 aliphatic heterocycles. The van der Waals surface area contributed by atoms with Crippen molar-refractivity contribution in [3.05, 3.63) is 28.8 Å². The van der Waals surface area contributed by atoms with Crippen LogP contribution in [-0.2, 0) is 9.47 Å². The van der Waals surface area contributed by atoms with Crippen LogP contribution in [0.25, 0.3) is 0 Å². The first-order chi connectivity index (χ1) is 8.70. The Kier molecular flexibility index (Phi) is 4.44. The normalized spacial score (nSPS) is 18.7. The Morgan fingerprint density at radius 2 is 2.39 bits per heavy atom. The third kappa shape index (κ3) is 3.15. The number of carbonyl (C=O) groups is 1. The molecule has 0 spiro atoms. The smallest absolute Gasteiger partial charge is 0.342 e. The average molecular weight is 271 g/mol. The van der Waals surface area contributed by atoms with Crippen LogP contribution in [-0.4, -0.2) is 32.4 Å². The number of hydrogen-bond donors (Lipinski definition) is 0. The summed E-state index contributed by atoms with van der Waals surface area (Å²) < 4.78 is 15.7. The van der Waals surface area contributed by atoms with Crippen LogP contribution >= 0.6 is 11.6 Å². The van der Waals surface area contributed by atoms with Crippen LogP contribution in [0.15, 0.2) is 18.2 Å². The summed E-state index contributed by atoms with van der Waals surface area (Å²) in [5.41, 5.74) is 0.375. The zero-order valence-corrected chi connectivity index (χ0v) is 10.9. The van der Waals surface area contributed by atoms with Gasteiger partial charge >= 0.3 is 5.97 Å². The quantitative estimate of drug-likeness (QED) is 0.789. The Morgan fingerprint density at radius 3 is 3.06 bits per heavy atom. The van der Waals surface area contributed by atoms with Gasteiger partial charge < -0.3 is 14.2 Å². The molecule has 1 fully saturated rings. The second kappa shape index (κ2) is 6.07. The van der Waals surface area contributed by atoms with Crippen molar-refractivity contribution in [3.8, 4) is 5.75 Å². The van der Waals surface area contributed by atoms with Crippen LogP contribution in [0.2, 0.25) is 5.02 Å². The molecule has 0 aliphatic carbocycles. The molecule has 1 unspecified atom stereocenters. The molecule has 98 valence electrons. The van der Waals surface area contributed by atoms with Crippen molar-refractivity contribution in [3.63, 3.8) is 0 Å². The van der Waals surface area contributed by atoms with Gasteiger partial charge in [-0.2, -0.15) is 0 Å². The largest absolute Gasteiger partial charge is 0.496 e. The molecule has 4 nitrogen and oxygen atoms in total. The summed E-state index contributed by atoms with van der Waals surface area (Å²) in [5, 5.41) is 0.516. The second-order valence-corrected chi connectivity index (χ2v) is 4.51. The van der Waals surface area contributed by atoms with Crippen molar-refractivity contribution in [2.24, 2.45) is 0 Å². The molecular formula is C13H15ClO4. The number of esters is 1. The molecule has 0 saturated carbocycles. The maximum Gasteiger partial charge on any atom is 0.342 e. The second-order valence-electron chi connectivity index (χ2n) is 4.08. The third-order valence-corrected chi connectivity index (χ3v) is 3.04. The van der Waals surface area contributed by atoms with Crippen LogP contribution in [0.3, 0.4) is 0 Å². The van der Waals surface area contributed by atoms with Crippen molar-refractivity contribution in [2.45, 2.75) is 18.9 Å². The van der Waals surface area contributed by atoms with Crippen LogP contribution in [0, 0.1) is 0 Å². The van der Waals surface area contributed by atoms with E-state index in [4.69, 9.17) is 25.8 Å². The Morgan fingerprint density at radius 1 is 1.56 bits per heavy atom. The van der Waals surface area contributed by atoms with Gasteiger partial charge in [-0.15, -0.1) is 0 Å². The average Bonchev–Trinajstić information content (AvgIpc) is 2.88. The number of benzene rings is 1. The van der Waals surface area contributed by atoms with Crippen LogP contribution in [0.4, 0.5) is 0 Å². The Bertz CT molecular complexity index is 427. The lowest BCUT2D eigenvalue weighted by Gasteiger charge is -2.12. The molecule has 1 saturated heterocycles. The van der Waals surface area contributed by atoms with Gasteiger partial charge in [0, 0.05) is 11.6 Å². The van der Waals surface area contributed by atoms with Gasteiger partial charge in [0.05, 0.1) is 13.2 Å².